The number of carbonyl (C=O) groups is 2. The maximum Gasteiger partial charge on any atom is 0.347 e. The van der Waals surface area contributed by atoms with Crippen LogP contribution in [0.3, 0.4) is 0 Å². The zero-order chi connectivity index (χ0) is 20.8. The van der Waals surface area contributed by atoms with E-state index < -0.39 is 17.6 Å². The quantitative estimate of drug-likeness (QED) is 0.229. The van der Waals surface area contributed by atoms with Gasteiger partial charge < -0.3 is 9.47 Å². The highest BCUT2D eigenvalue weighted by Crippen LogP contribution is 2.25. The minimum atomic E-state index is -0.724. The summed E-state index contributed by atoms with van der Waals surface area (Å²) < 4.78 is 24.3. The fourth-order valence-corrected chi connectivity index (χ4v) is 2.82. The van der Waals surface area contributed by atoms with Crippen LogP contribution in [0.1, 0.15) is 26.3 Å². The maximum absolute atomic E-state index is 13.8. The van der Waals surface area contributed by atoms with Crippen molar-refractivity contribution in [3.8, 4) is 11.5 Å². The second-order valence-electron chi connectivity index (χ2n) is 5.95. The number of ether oxygens (including phenoxy) is 2. The molecule has 0 aliphatic rings. The van der Waals surface area contributed by atoms with E-state index in [1.54, 1.807) is 42.5 Å². The molecular formula is C23H16ClFO4. The van der Waals surface area contributed by atoms with Crippen molar-refractivity contribution < 1.29 is 23.5 Å². The number of benzene rings is 3. The van der Waals surface area contributed by atoms with E-state index in [4.69, 9.17) is 21.1 Å². The van der Waals surface area contributed by atoms with Crippen molar-refractivity contribution in [3.63, 3.8) is 0 Å². The van der Waals surface area contributed by atoms with Gasteiger partial charge >= 0.3 is 5.97 Å². The summed E-state index contributed by atoms with van der Waals surface area (Å²) in [6, 6.07) is 16.8. The van der Waals surface area contributed by atoms with E-state index in [0.29, 0.717) is 16.3 Å². The van der Waals surface area contributed by atoms with Crippen molar-refractivity contribution in [2.75, 3.05) is 7.11 Å². The average molecular weight is 411 g/mol. The van der Waals surface area contributed by atoms with Gasteiger partial charge in [-0.15, -0.1) is 0 Å². The molecule has 0 spiro atoms. The second kappa shape index (κ2) is 9.17. The molecule has 0 bridgehead atoms. The van der Waals surface area contributed by atoms with Crippen LogP contribution in [-0.4, -0.2) is 18.9 Å². The highest BCUT2D eigenvalue weighted by Gasteiger charge is 2.18. The minimum absolute atomic E-state index is 0.0592. The molecule has 0 N–H and O–H groups in total. The van der Waals surface area contributed by atoms with Crippen molar-refractivity contribution in [1.29, 1.82) is 0 Å². The van der Waals surface area contributed by atoms with E-state index in [-0.39, 0.29) is 16.9 Å². The van der Waals surface area contributed by atoms with Crippen LogP contribution in [0.5, 0.6) is 11.5 Å². The number of halogens is 2. The molecule has 0 saturated heterocycles. The van der Waals surface area contributed by atoms with E-state index in [2.05, 4.69) is 0 Å². The van der Waals surface area contributed by atoms with Crippen molar-refractivity contribution in [1.82, 2.24) is 0 Å². The summed E-state index contributed by atoms with van der Waals surface area (Å²) in [6.45, 7) is 0. The van der Waals surface area contributed by atoms with Gasteiger partial charge in [0, 0.05) is 5.02 Å². The standard InChI is InChI=1S/C23H16ClFO4/c1-28-21-9-5-3-7-17(21)23(27)29-22-13-11-16(25)14-18(22)20(26)12-10-15-6-2-4-8-19(15)24/h2-14H,1H3/b12-10+. The number of rotatable bonds is 6. The number of carbonyl (C=O) groups excluding carboxylic acids is 2. The predicted octanol–water partition coefficient (Wildman–Crippen LogP) is 5.60. The summed E-state index contributed by atoms with van der Waals surface area (Å²) in [5.74, 6) is -1.62. The lowest BCUT2D eigenvalue weighted by Crippen LogP contribution is -2.12. The number of esters is 1. The van der Waals surface area contributed by atoms with E-state index >= 15 is 0 Å². The van der Waals surface area contributed by atoms with Crippen molar-refractivity contribution in [2.45, 2.75) is 0 Å². The Morgan fingerprint density at radius 1 is 0.931 bits per heavy atom. The molecule has 0 amide bonds. The zero-order valence-corrected chi connectivity index (χ0v) is 16.2. The summed E-state index contributed by atoms with van der Waals surface area (Å²) in [4.78, 5) is 25.2. The Kier molecular flexibility index (Phi) is 6.42. The Bertz CT molecular complexity index is 1090. The highest BCUT2D eigenvalue weighted by molar-refractivity contribution is 6.32. The predicted molar refractivity (Wildman–Crippen MR) is 109 cm³/mol. The summed E-state index contributed by atoms with van der Waals surface area (Å²) in [5, 5.41) is 0.471. The molecule has 0 atom stereocenters. The van der Waals surface area contributed by atoms with Gasteiger partial charge in [-0.3, -0.25) is 4.79 Å². The number of hydrogen-bond donors (Lipinski definition) is 0. The van der Waals surface area contributed by atoms with Crippen LogP contribution in [0, 0.1) is 5.82 Å². The largest absolute Gasteiger partial charge is 0.496 e. The van der Waals surface area contributed by atoms with Gasteiger partial charge in [-0.2, -0.15) is 0 Å². The first-order chi connectivity index (χ1) is 14.0. The van der Waals surface area contributed by atoms with Gasteiger partial charge in [-0.25, -0.2) is 9.18 Å². The monoisotopic (exact) mass is 410 g/mol. The zero-order valence-electron chi connectivity index (χ0n) is 15.4. The Morgan fingerprint density at radius 2 is 1.66 bits per heavy atom. The van der Waals surface area contributed by atoms with Crippen LogP contribution in [0.15, 0.2) is 72.8 Å². The summed E-state index contributed by atoms with van der Waals surface area (Å²) >= 11 is 6.07. The molecule has 0 aliphatic heterocycles. The topological polar surface area (TPSA) is 52.6 Å². The normalized spacial score (nSPS) is 10.7. The Labute approximate surface area is 172 Å². The number of allylic oxidation sites excluding steroid dienone is 1. The first kappa shape index (κ1) is 20.3. The molecule has 29 heavy (non-hydrogen) atoms. The molecule has 146 valence electrons. The molecule has 0 heterocycles. The number of para-hydroxylation sites is 1. The van der Waals surface area contributed by atoms with Crippen LogP contribution >= 0.6 is 11.6 Å². The van der Waals surface area contributed by atoms with Gasteiger partial charge in [0.2, 0.25) is 0 Å². The number of ketones is 1. The molecule has 0 fully saturated rings. The van der Waals surface area contributed by atoms with Crippen LogP contribution in [0.25, 0.3) is 6.08 Å². The van der Waals surface area contributed by atoms with Gasteiger partial charge in [-0.05, 0) is 54.1 Å². The van der Waals surface area contributed by atoms with Gasteiger partial charge in [-0.1, -0.05) is 41.9 Å². The molecule has 3 aromatic rings. The molecule has 0 saturated carbocycles. The number of methoxy groups -OCH3 is 1. The fraction of sp³-hybridized carbons (Fsp3) is 0.0435. The maximum atomic E-state index is 13.8. The van der Waals surface area contributed by atoms with Crippen LogP contribution < -0.4 is 9.47 Å². The van der Waals surface area contributed by atoms with E-state index in [1.807, 2.05) is 0 Å². The molecule has 4 nitrogen and oxygen atoms in total. The first-order valence-corrected chi connectivity index (χ1v) is 8.99. The summed E-state index contributed by atoms with van der Waals surface area (Å²) in [6.07, 6.45) is 2.76. The lowest BCUT2D eigenvalue weighted by molar-refractivity contribution is 0.0729. The summed E-state index contributed by atoms with van der Waals surface area (Å²) in [7, 11) is 1.43. The van der Waals surface area contributed by atoms with Gasteiger partial charge in [0.25, 0.3) is 0 Å². The SMILES string of the molecule is COc1ccccc1C(=O)Oc1ccc(F)cc1C(=O)/C=C/c1ccccc1Cl. The molecule has 3 rings (SSSR count). The fourth-order valence-electron chi connectivity index (χ4n) is 2.62. The van der Waals surface area contributed by atoms with Crippen molar-refractivity contribution in [3.05, 3.63) is 100 Å². The van der Waals surface area contributed by atoms with Crippen molar-refractivity contribution in [2.24, 2.45) is 0 Å². The molecule has 0 aliphatic carbocycles. The molecule has 3 aromatic carbocycles. The van der Waals surface area contributed by atoms with Gasteiger partial charge in [0.05, 0.1) is 12.7 Å². The van der Waals surface area contributed by atoms with Crippen LogP contribution in [-0.2, 0) is 0 Å². The smallest absolute Gasteiger partial charge is 0.347 e. The van der Waals surface area contributed by atoms with Gasteiger partial charge in [0.1, 0.15) is 22.9 Å². The van der Waals surface area contributed by atoms with Gasteiger partial charge in [0.15, 0.2) is 5.78 Å². The number of hydrogen-bond acceptors (Lipinski definition) is 4. The molecule has 0 aromatic heterocycles. The van der Waals surface area contributed by atoms with Crippen molar-refractivity contribution >= 4 is 29.4 Å². The third kappa shape index (κ3) is 4.89. The third-order valence-corrected chi connectivity index (χ3v) is 4.40. The van der Waals surface area contributed by atoms with E-state index in [0.717, 1.165) is 12.1 Å². The first-order valence-electron chi connectivity index (χ1n) is 8.61. The lowest BCUT2D eigenvalue weighted by Gasteiger charge is -2.10. The van der Waals surface area contributed by atoms with E-state index in [9.17, 15) is 14.0 Å². The lowest BCUT2D eigenvalue weighted by atomic mass is 10.1. The molecule has 0 unspecified atom stereocenters. The molecular weight excluding hydrogens is 395 g/mol. The molecule has 0 radical (unpaired) electrons. The average Bonchev–Trinajstić information content (AvgIpc) is 2.74. The Balaban J connectivity index is 1.89. The third-order valence-electron chi connectivity index (χ3n) is 4.06. The Hall–Kier alpha value is -3.44. The summed E-state index contributed by atoms with van der Waals surface area (Å²) in [5.41, 5.74) is 0.729. The van der Waals surface area contributed by atoms with E-state index in [1.165, 1.54) is 31.4 Å². The Morgan fingerprint density at radius 3 is 2.41 bits per heavy atom. The van der Waals surface area contributed by atoms with Crippen LogP contribution in [0.2, 0.25) is 5.02 Å². The second-order valence-corrected chi connectivity index (χ2v) is 6.36. The highest BCUT2D eigenvalue weighted by atomic mass is 35.5. The minimum Gasteiger partial charge on any atom is -0.496 e. The van der Waals surface area contributed by atoms with Crippen LogP contribution in [0.4, 0.5) is 4.39 Å². The molecule has 6 heteroatoms.